The van der Waals surface area contributed by atoms with Gasteiger partial charge in [0.1, 0.15) is 12.4 Å². The van der Waals surface area contributed by atoms with E-state index < -0.39 is 0 Å². The van der Waals surface area contributed by atoms with Crippen molar-refractivity contribution in [2.75, 3.05) is 7.11 Å². The normalized spacial score (nSPS) is 10.0. The SMILES string of the molecule is COC(=O)c1ccc(OCc2ccc(I)cc2)cc1. The maximum absolute atomic E-state index is 11.3. The van der Waals surface area contributed by atoms with Crippen molar-refractivity contribution in [1.82, 2.24) is 0 Å². The number of ether oxygens (including phenoxy) is 2. The van der Waals surface area contributed by atoms with Gasteiger partial charge >= 0.3 is 5.97 Å². The van der Waals surface area contributed by atoms with Gasteiger partial charge in [0.2, 0.25) is 0 Å². The Balaban J connectivity index is 1.96. The van der Waals surface area contributed by atoms with Crippen LogP contribution in [0.3, 0.4) is 0 Å². The van der Waals surface area contributed by atoms with Crippen LogP contribution in [0.25, 0.3) is 0 Å². The topological polar surface area (TPSA) is 35.5 Å². The molecule has 0 atom stereocenters. The number of methoxy groups -OCH3 is 1. The summed E-state index contributed by atoms with van der Waals surface area (Å²) in [7, 11) is 1.36. The van der Waals surface area contributed by atoms with Crippen LogP contribution in [0.2, 0.25) is 0 Å². The van der Waals surface area contributed by atoms with Gasteiger partial charge in [-0.05, 0) is 64.6 Å². The summed E-state index contributed by atoms with van der Waals surface area (Å²) < 4.78 is 11.5. The molecule has 2 aromatic rings. The van der Waals surface area contributed by atoms with Crippen molar-refractivity contribution in [3.8, 4) is 5.75 Å². The largest absolute Gasteiger partial charge is 0.489 e. The molecule has 98 valence electrons. The maximum atomic E-state index is 11.3. The number of carbonyl (C=O) groups excluding carboxylic acids is 1. The minimum atomic E-state index is -0.343. The molecule has 0 aromatic heterocycles. The highest BCUT2D eigenvalue weighted by molar-refractivity contribution is 14.1. The van der Waals surface area contributed by atoms with E-state index in [1.165, 1.54) is 10.7 Å². The van der Waals surface area contributed by atoms with Crippen LogP contribution in [0.5, 0.6) is 5.75 Å². The Morgan fingerprint density at radius 3 is 2.26 bits per heavy atom. The summed E-state index contributed by atoms with van der Waals surface area (Å²) in [6.45, 7) is 0.508. The fraction of sp³-hybridized carbons (Fsp3) is 0.133. The fourth-order valence-corrected chi connectivity index (χ4v) is 1.91. The Morgan fingerprint density at radius 1 is 1.05 bits per heavy atom. The van der Waals surface area contributed by atoms with Crippen LogP contribution < -0.4 is 4.74 Å². The minimum absolute atomic E-state index is 0.343. The van der Waals surface area contributed by atoms with Crippen molar-refractivity contribution in [1.29, 1.82) is 0 Å². The second-order valence-corrected chi connectivity index (χ2v) is 5.18. The third-order valence-corrected chi connectivity index (χ3v) is 3.31. The number of hydrogen-bond acceptors (Lipinski definition) is 3. The Bertz CT molecular complexity index is 547. The molecule has 19 heavy (non-hydrogen) atoms. The highest BCUT2D eigenvalue weighted by Gasteiger charge is 2.04. The first-order chi connectivity index (χ1) is 9.19. The quantitative estimate of drug-likeness (QED) is 0.611. The second kappa shape index (κ2) is 6.56. The van der Waals surface area contributed by atoms with E-state index in [9.17, 15) is 4.79 Å². The Hall–Kier alpha value is -1.56. The van der Waals surface area contributed by atoms with Gasteiger partial charge in [0.05, 0.1) is 12.7 Å². The van der Waals surface area contributed by atoms with Gasteiger partial charge in [-0.15, -0.1) is 0 Å². The molecule has 0 saturated heterocycles. The molecular formula is C15H13IO3. The number of halogens is 1. The summed E-state index contributed by atoms with van der Waals surface area (Å²) >= 11 is 2.27. The third kappa shape index (κ3) is 3.96. The van der Waals surface area contributed by atoms with Crippen LogP contribution in [-0.4, -0.2) is 13.1 Å². The monoisotopic (exact) mass is 368 g/mol. The van der Waals surface area contributed by atoms with E-state index in [0.29, 0.717) is 12.2 Å². The highest BCUT2D eigenvalue weighted by Crippen LogP contribution is 2.15. The molecule has 0 fully saturated rings. The fourth-order valence-electron chi connectivity index (χ4n) is 1.55. The van der Waals surface area contributed by atoms with Gasteiger partial charge in [-0.3, -0.25) is 0 Å². The summed E-state index contributed by atoms with van der Waals surface area (Å²) in [6.07, 6.45) is 0. The van der Waals surface area contributed by atoms with Gasteiger partial charge < -0.3 is 9.47 Å². The lowest BCUT2D eigenvalue weighted by Crippen LogP contribution is -2.01. The Morgan fingerprint density at radius 2 is 1.68 bits per heavy atom. The summed E-state index contributed by atoms with van der Waals surface area (Å²) in [6, 6.07) is 15.1. The number of esters is 1. The molecule has 0 radical (unpaired) electrons. The summed E-state index contributed by atoms with van der Waals surface area (Å²) in [5.74, 6) is 0.385. The van der Waals surface area contributed by atoms with Crippen LogP contribution in [0.1, 0.15) is 15.9 Å². The van der Waals surface area contributed by atoms with Crippen LogP contribution in [0, 0.1) is 3.57 Å². The first-order valence-corrected chi connectivity index (χ1v) is 6.82. The molecule has 0 unspecified atom stereocenters. The predicted octanol–water partition coefficient (Wildman–Crippen LogP) is 3.66. The first-order valence-electron chi connectivity index (χ1n) is 5.74. The molecule has 0 saturated carbocycles. The van der Waals surface area contributed by atoms with Crippen molar-refractivity contribution in [2.24, 2.45) is 0 Å². The maximum Gasteiger partial charge on any atom is 0.337 e. The molecule has 3 nitrogen and oxygen atoms in total. The molecule has 2 aromatic carbocycles. The van der Waals surface area contributed by atoms with E-state index in [1.54, 1.807) is 24.3 Å². The standard InChI is InChI=1S/C15H13IO3/c1-18-15(17)12-4-8-14(9-5-12)19-10-11-2-6-13(16)7-3-11/h2-9H,10H2,1H3. The van der Waals surface area contributed by atoms with Crippen molar-refractivity contribution >= 4 is 28.6 Å². The van der Waals surface area contributed by atoms with Crippen molar-refractivity contribution in [2.45, 2.75) is 6.61 Å². The molecule has 0 aliphatic rings. The van der Waals surface area contributed by atoms with E-state index in [-0.39, 0.29) is 5.97 Å². The van der Waals surface area contributed by atoms with E-state index in [2.05, 4.69) is 27.3 Å². The lowest BCUT2D eigenvalue weighted by molar-refractivity contribution is 0.0600. The molecule has 0 aliphatic carbocycles. The van der Waals surface area contributed by atoms with E-state index >= 15 is 0 Å². The zero-order chi connectivity index (χ0) is 13.7. The molecule has 2 rings (SSSR count). The van der Waals surface area contributed by atoms with Gasteiger partial charge in [0, 0.05) is 3.57 Å². The summed E-state index contributed by atoms with van der Waals surface area (Å²) in [5.41, 5.74) is 1.63. The van der Waals surface area contributed by atoms with Gasteiger partial charge in [0.15, 0.2) is 0 Å². The number of benzene rings is 2. The molecule has 0 N–H and O–H groups in total. The summed E-state index contributed by atoms with van der Waals surface area (Å²) in [4.78, 5) is 11.3. The van der Waals surface area contributed by atoms with Crippen molar-refractivity contribution in [3.05, 3.63) is 63.2 Å². The number of hydrogen-bond donors (Lipinski definition) is 0. The lowest BCUT2D eigenvalue weighted by atomic mass is 10.2. The molecule has 4 heteroatoms. The van der Waals surface area contributed by atoms with E-state index in [1.807, 2.05) is 24.3 Å². The van der Waals surface area contributed by atoms with Crippen LogP contribution in [-0.2, 0) is 11.3 Å². The molecular weight excluding hydrogens is 355 g/mol. The van der Waals surface area contributed by atoms with Gasteiger partial charge in [-0.2, -0.15) is 0 Å². The zero-order valence-electron chi connectivity index (χ0n) is 10.4. The van der Waals surface area contributed by atoms with Gasteiger partial charge in [-0.1, -0.05) is 12.1 Å². The molecule has 0 spiro atoms. The van der Waals surface area contributed by atoms with Gasteiger partial charge in [-0.25, -0.2) is 4.79 Å². The Labute approximate surface area is 125 Å². The number of carbonyl (C=O) groups is 1. The molecule has 0 heterocycles. The lowest BCUT2D eigenvalue weighted by Gasteiger charge is -2.07. The minimum Gasteiger partial charge on any atom is -0.489 e. The highest BCUT2D eigenvalue weighted by atomic mass is 127. The van der Waals surface area contributed by atoms with Crippen LogP contribution in [0.4, 0.5) is 0 Å². The van der Waals surface area contributed by atoms with Crippen LogP contribution in [0.15, 0.2) is 48.5 Å². The average molecular weight is 368 g/mol. The average Bonchev–Trinajstić information content (AvgIpc) is 2.46. The Kier molecular flexibility index (Phi) is 4.79. The first kappa shape index (κ1) is 13.9. The van der Waals surface area contributed by atoms with E-state index in [0.717, 1.165) is 11.3 Å². The van der Waals surface area contributed by atoms with E-state index in [4.69, 9.17) is 4.74 Å². The molecule has 0 aliphatic heterocycles. The predicted molar refractivity (Wildman–Crippen MR) is 81.3 cm³/mol. The summed E-state index contributed by atoms with van der Waals surface area (Å²) in [5, 5.41) is 0. The second-order valence-electron chi connectivity index (χ2n) is 3.93. The number of rotatable bonds is 4. The van der Waals surface area contributed by atoms with Crippen molar-refractivity contribution in [3.63, 3.8) is 0 Å². The third-order valence-electron chi connectivity index (χ3n) is 2.59. The van der Waals surface area contributed by atoms with Gasteiger partial charge in [0.25, 0.3) is 0 Å². The smallest absolute Gasteiger partial charge is 0.337 e. The van der Waals surface area contributed by atoms with Crippen LogP contribution >= 0.6 is 22.6 Å². The zero-order valence-corrected chi connectivity index (χ0v) is 12.6. The molecule has 0 amide bonds. The molecule has 0 bridgehead atoms. The van der Waals surface area contributed by atoms with Crippen molar-refractivity contribution < 1.29 is 14.3 Å².